The average Bonchev–Trinajstić information content (AvgIpc) is 2.52. The Morgan fingerprint density at radius 2 is 1.65 bits per heavy atom. The van der Waals surface area contributed by atoms with Crippen molar-refractivity contribution in [2.75, 3.05) is 11.9 Å². The Hall–Kier alpha value is -2.37. The van der Waals surface area contributed by atoms with Crippen LogP contribution in [0, 0.1) is 0 Å². The summed E-state index contributed by atoms with van der Waals surface area (Å²) in [7, 11) is -1.76. The van der Waals surface area contributed by atoms with E-state index in [2.05, 4.69) is 6.58 Å². The van der Waals surface area contributed by atoms with Gasteiger partial charge in [-0.2, -0.15) is 0 Å². The largest absolute Gasteiger partial charge is 0.344 e. The molecule has 0 fully saturated rings. The highest BCUT2D eigenvalue weighted by Gasteiger charge is 2.12. The van der Waals surface area contributed by atoms with E-state index in [4.69, 9.17) is 5.14 Å². The normalized spacial score (nSPS) is 12.0. The van der Waals surface area contributed by atoms with Crippen molar-refractivity contribution >= 4 is 21.4 Å². The number of allylic oxidation sites excluding steroid dienone is 2. The van der Waals surface area contributed by atoms with Gasteiger partial charge in [0.05, 0.1) is 4.90 Å². The summed E-state index contributed by atoms with van der Waals surface area (Å²) in [5.41, 5.74) is 3.81. The smallest absolute Gasteiger partial charge is 0.238 e. The molecule has 2 rings (SSSR count). The minimum Gasteiger partial charge on any atom is -0.344 e. The zero-order valence-corrected chi connectivity index (χ0v) is 14.0. The van der Waals surface area contributed by atoms with Gasteiger partial charge in [0.1, 0.15) is 0 Å². The second-order valence-electron chi connectivity index (χ2n) is 5.34. The molecule has 23 heavy (non-hydrogen) atoms. The van der Waals surface area contributed by atoms with Crippen molar-refractivity contribution in [3.63, 3.8) is 0 Å². The van der Waals surface area contributed by atoms with Crippen molar-refractivity contribution < 1.29 is 8.42 Å². The van der Waals surface area contributed by atoms with Crippen molar-refractivity contribution in [3.05, 3.63) is 78.4 Å². The fourth-order valence-electron chi connectivity index (χ4n) is 2.21. The summed E-state index contributed by atoms with van der Waals surface area (Å²) in [4.78, 5) is 2.08. The monoisotopic (exact) mass is 328 g/mol. The molecule has 0 amide bonds. The average molecular weight is 328 g/mol. The summed E-state index contributed by atoms with van der Waals surface area (Å²) in [5.74, 6) is 0. The van der Waals surface area contributed by atoms with Gasteiger partial charge in [-0.3, -0.25) is 0 Å². The zero-order valence-electron chi connectivity index (χ0n) is 13.2. The molecular weight excluding hydrogens is 308 g/mol. The Balaban J connectivity index is 2.42. The lowest BCUT2D eigenvalue weighted by Crippen LogP contribution is -2.16. The highest BCUT2D eigenvalue weighted by atomic mass is 32.2. The van der Waals surface area contributed by atoms with Crippen LogP contribution in [0.3, 0.4) is 0 Å². The Bertz CT molecular complexity index is 823. The van der Waals surface area contributed by atoms with E-state index in [0.717, 1.165) is 22.5 Å². The number of nitrogens with zero attached hydrogens (tertiary/aromatic N) is 1. The molecule has 5 heteroatoms. The molecule has 0 aromatic heterocycles. The van der Waals surface area contributed by atoms with Crippen LogP contribution in [0.5, 0.6) is 0 Å². The molecule has 2 aromatic carbocycles. The summed E-state index contributed by atoms with van der Waals surface area (Å²) < 4.78 is 22.7. The molecule has 0 heterocycles. The third-order valence-corrected chi connectivity index (χ3v) is 4.30. The predicted molar refractivity (Wildman–Crippen MR) is 95.5 cm³/mol. The number of rotatable bonds is 5. The van der Waals surface area contributed by atoms with Crippen molar-refractivity contribution in [2.24, 2.45) is 5.14 Å². The molecule has 0 atom stereocenters. The number of nitrogens with two attached hydrogens (primary N) is 1. The number of benzene rings is 2. The lowest BCUT2D eigenvalue weighted by atomic mass is 10.1. The van der Waals surface area contributed by atoms with Gasteiger partial charge in [0.25, 0.3) is 0 Å². The SMILES string of the molecule is C=C(C)/C=C(/c1ccccc1)N(C)c1ccc(S(N)(=O)=O)cc1. The molecule has 0 unspecified atom stereocenters. The van der Waals surface area contributed by atoms with Crippen LogP contribution >= 0.6 is 0 Å². The first kappa shape index (κ1) is 17.0. The van der Waals surface area contributed by atoms with Gasteiger partial charge in [0.15, 0.2) is 0 Å². The van der Waals surface area contributed by atoms with E-state index < -0.39 is 10.0 Å². The second-order valence-corrected chi connectivity index (χ2v) is 6.90. The van der Waals surface area contributed by atoms with Crippen LogP contribution in [-0.2, 0) is 10.0 Å². The van der Waals surface area contributed by atoms with Gasteiger partial charge in [0, 0.05) is 18.4 Å². The van der Waals surface area contributed by atoms with Crippen LogP contribution in [0.2, 0.25) is 0 Å². The lowest BCUT2D eigenvalue weighted by molar-refractivity contribution is 0.598. The Labute approximate surface area is 137 Å². The minimum atomic E-state index is -3.68. The quantitative estimate of drug-likeness (QED) is 0.856. The first-order valence-electron chi connectivity index (χ1n) is 7.08. The van der Waals surface area contributed by atoms with Crippen molar-refractivity contribution in [2.45, 2.75) is 11.8 Å². The topological polar surface area (TPSA) is 63.4 Å². The van der Waals surface area contributed by atoms with Gasteiger partial charge in [-0.05, 0) is 42.8 Å². The predicted octanol–water partition coefficient (Wildman–Crippen LogP) is 3.39. The highest BCUT2D eigenvalue weighted by Crippen LogP contribution is 2.26. The van der Waals surface area contributed by atoms with Crippen LogP contribution < -0.4 is 10.0 Å². The summed E-state index contributed by atoms with van der Waals surface area (Å²) in [6.07, 6.45) is 1.99. The van der Waals surface area contributed by atoms with E-state index >= 15 is 0 Å². The number of sulfonamides is 1. The van der Waals surface area contributed by atoms with Crippen LogP contribution in [0.25, 0.3) is 5.70 Å². The summed E-state index contributed by atoms with van der Waals surface area (Å²) in [5, 5.41) is 5.14. The molecule has 2 N–H and O–H groups in total. The maximum Gasteiger partial charge on any atom is 0.238 e. The number of hydrogen-bond donors (Lipinski definition) is 1. The second kappa shape index (κ2) is 6.81. The molecular formula is C18H20N2O2S. The third-order valence-electron chi connectivity index (χ3n) is 3.37. The summed E-state index contributed by atoms with van der Waals surface area (Å²) in [6, 6.07) is 16.4. The molecule has 0 saturated carbocycles. The van der Waals surface area contributed by atoms with Gasteiger partial charge in [0.2, 0.25) is 10.0 Å². The first-order chi connectivity index (χ1) is 10.8. The highest BCUT2D eigenvalue weighted by molar-refractivity contribution is 7.89. The van der Waals surface area contributed by atoms with Crippen molar-refractivity contribution in [3.8, 4) is 0 Å². The number of hydrogen-bond acceptors (Lipinski definition) is 3. The summed E-state index contributed by atoms with van der Waals surface area (Å²) in [6.45, 7) is 5.88. The Morgan fingerprint density at radius 3 is 2.13 bits per heavy atom. The molecule has 0 spiro atoms. The Kier molecular flexibility index (Phi) is 5.03. The third kappa shape index (κ3) is 4.31. The van der Waals surface area contributed by atoms with Crippen LogP contribution in [0.4, 0.5) is 5.69 Å². The van der Waals surface area contributed by atoms with E-state index in [1.54, 1.807) is 12.1 Å². The van der Waals surface area contributed by atoms with E-state index in [0.29, 0.717) is 0 Å². The molecule has 0 saturated heterocycles. The van der Waals surface area contributed by atoms with Crippen LogP contribution in [0.15, 0.2) is 77.7 Å². The number of anilines is 1. The maximum atomic E-state index is 11.4. The van der Waals surface area contributed by atoms with Crippen molar-refractivity contribution in [1.82, 2.24) is 0 Å². The lowest BCUT2D eigenvalue weighted by Gasteiger charge is -2.24. The molecule has 0 aliphatic heterocycles. The zero-order chi connectivity index (χ0) is 17.0. The molecule has 4 nitrogen and oxygen atoms in total. The van der Waals surface area contributed by atoms with Gasteiger partial charge < -0.3 is 4.90 Å². The van der Waals surface area contributed by atoms with Crippen LogP contribution in [-0.4, -0.2) is 15.5 Å². The van der Waals surface area contributed by atoms with Crippen LogP contribution in [0.1, 0.15) is 12.5 Å². The van der Waals surface area contributed by atoms with Gasteiger partial charge in [-0.25, -0.2) is 13.6 Å². The summed E-state index contributed by atoms with van der Waals surface area (Å²) >= 11 is 0. The van der Waals surface area contributed by atoms with E-state index in [9.17, 15) is 8.42 Å². The molecule has 120 valence electrons. The maximum absolute atomic E-state index is 11.4. The first-order valence-corrected chi connectivity index (χ1v) is 8.63. The van der Waals surface area contributed by atoms with Gasteiger partial charge >= 0.3 is 0 Å². The van der Waals surface area contributed by atoms with Gasteiger partial charge in [-0.15, -0.1) is 0 Å². The van der Waals surface area contributed by atoms with E-state index in [-0.39, 0.29) is 4.90 Å². The fraction of sp³-hybridized carbons (Fsp3) is 0.111. The molecule has 0 aliphatic rings. The van der Waals surface area contributed by atoms with Crippen molar-refractivity contribution in [1.29, 1.82) is 0 Å². The molecule has 0 aliphatic carbocycles. The molecule has 2 aromatic rings. The minimum absolute atomic E-state index is 0.0970. The molecule has 0 bridgehead atoms. The van der Waals surface area contributed by atoms with Gasteiger partial charge in [-0.1, -0.05) is 42.5 Å². The Morgan fingerprint density at radius 1 is 1.09 bits per heavy atom. The number of primary sulfonamides is 1. The van der Waals surface area contributed by atoms with E-state index in [1.165, 1.54) is 12.1 Å². The fourth-order valence-corrected chi connectivity index (χ4v) is 2.73. The standard InChI is InChI=1S/C18H20N2O2S/c1-14(2)13-18(15-7-5-4-6-8-15)20(3)16-9-11-17(12-10-16)23(19,21)22/h4-13H,1H2,2-3H3,(H2,19,21,22)/b18-13-. The van der Waals surface area contributed by atoms with E-state index in [1.807, 2.05) is 55.3 Å². The molecule has 0 radical (unpaired) electrons.